The highest BCUT2D eigenvalue weighted by Gasteiger charge is 2.18. The molecule has 0 aliphatic carbocycles. The zero-order chi connectivity index (χ0) is 13.9. The fourth-order valence-corrected chi connectivity index (χ4v) is 2.56. The molecule has 0 atom stereocenters. The third-order valence-corrected chi connectivity index (χ3v) is 3.75. The molecule has 0 bridgehead atoms. The topological polar surface area (TPSA) is 86.5 Å². The molecule has 2 aromatic rings. The van der Waals surface area contributed by atoms with Crippen LogP contribution < -0.4 is 20.5 Å². The average Bonchev–Trinajstić information content (AvgIpc) is 3.13. The molecule has 20 heavy (non-hydrogen) atoms. The Morgan fingerprint density at radius 3 is 3.15 bits per heavy atom. The summed E-state index contributed by atoms with van der Waals surface area (Å²) in [6.45, 7) is 0.919. The molecule has 3 rings (SSSR count). The average molecular weight is 291 g/mol. The molecule has 1 amide bonds. The van der Waals surface area contributed by atoms with Gasteiger partial charge in [-0.25, -0.2) is 4.98 Å². The highest BCUT2D eigenvalue weighted by atomic mass is 32.1. The Morgan fingerprint density at radius 1 is 1.45 bits per heavy atom. The maximum absolute atomic E-state index is 12.0. The molecule has 1 aliphatic rings. The Labute approximate surface area is 119 Å². The maximum atomic E-state index is 12.0. The first-order chi connectivity index (χ1) is 9.78. The van der Waals surface area contributed by atoms with Crippen LogP contribution in [-0.2, 0) is 13.1 Å². The number of nitrogens with two attached hydrogens (primary N) is 1. The van der Waals surface area contributed by atoms with Crippen molar-refractivity contribution in [1.29, 1.82) is 0 Å². The second kappa shape index (κ2) is 5.48. The second-order valence-corrected chi connectivity index (χ2v) is 5.11. The largest absolute Gasteiger partial charge is 0.454 e. The van der Waals surface area contributed by atoms with Crippen molar-refractivity contribution in [3.63, 3.8) is 0 Å². The quantitative estimate of drug-likeness (QED) is 0.885. The van der Waals surface area contributed by atoms with Crippen molar-refractivity contribution in [3.8, 4) is 11.5 Å². The molecule has 0 radical (unpaired) electrons. The molecule has 6 nitrogen and oxygen atoms in total. The van der Waals surface area contributed by atoms with Crippen LogP contribution in [0, 0.1) is 0 Å². The summed E-state index contributed by atoms with van der Waals surface area (Å²) in [6, 6.07) is 5.59. The van der Waals surface area contributed by atoms with Gasteiger partial charge >= 0.3 is 0 Å². The Balaban J connectivity index is 1.68. The summed E-state index contributed by atoms with van der Waals surface area (Å²) in [6.07, 6.45) is 0. The molecule has 1 aromatic carbocycles. The van der Waals surface area contributed by atoms with E-state index < -0.39 is 0 Å². The van der Waals surface area contributed by atoms with Gasteiger partial charge < -0.3 is 20.5 Å². The number of para-hydroxylation sites is 1. The molecule has 2 heterocycles. The minimum absolute atomic E-state index is 0.215. The molecular weight excluding hydrogens is 278 g/mol. The van der Waals surface area contributed by atoms with E-state index in [4.69, 9.17) is 15.2 Å². The molecule has 0 spiro atoms. The number of carbonyl (C=O) groups is 1. The van der Waals surface area contributed by atoms with E-state index >= 15 is 0 Å². The fraction of sp³-hybridized carbons (Fsp3) is 0.231. The number of hydrogen-bond donors (Lipinski definition) is 2. The van der Waals surface area contributed by atoms with Crippen LogP contribution in [0.2, 0.25) is 0 Å². The minimum atomic E-state index is -0.225. The highest BCUT2D eigenvalue weighted by molar-refractivity contribution is 7.09. The number of thiazole rings is 1. The van der Waals surface area contributed by atoms with Gasteiger partial charge in [0.1, 0.15) is 10.7 Å². The lowest BCUT2D eigenvalue weighted by Crippen LogP contribution is -2.23. The van der Waals surface area contributed by atoms with Crippen molar-refractivity contribution in [2.75, 3.05) is 6.79 Å². The van der Waals surface area contributed by atoms with E-state index in [9.17, 15) is 4.79 Å². The molecule has 0 unspecified atom stereocenters. The van der Waals surface area contributed by atoms with Crippen molar-refractivity contribution in [2.24, 2.45) is 5.73 Å². The predicted octanol–water partition coefficient (Wildman–Crippen LogP) is 1.26. The van der Waals surface area contributed by atoms with Crippen molar-refractivity contribution < 1.29 is 14.3 Å². The second-order valence-electron chi connectivity index (χ2n) is 4.16. The smallest absolute Gasteiger partial charge is 0.271 e. The van der Waals surface area contributed by atoms with E-state index in [0.717, 1.165) is 10.6 Å². The fourth-order valence-electron chi connectivity index (χ4n) is 1.90. The van der Waals surface area contributed by atoms with Crippen molar-refractivity contribution >= 4 is 17.2 Å². The van der Waals surface area contributed by atoms with Crippen molar-refractivity contribution in [1.82, 2.24) is 10.3 Å². The van der Waals surface area contributed by atoms with Crippen LogP contribution in [0.5, 0.6) is 11.5 Å². The zero-order valence-electron chi connectivity index (χ0n) is 10.6. The standard InChI is InChI=1S/C13H13N3O3S/c14-4-11-16-9(6-20-11)13(17)15-5-8-2-1-3-10-12(8)19-7-18-10/h1-3,6H,4-5,7,14H2,(H,15,17). The molecule has 0 fully saturated rings. The lowest BCUT2D eigenvalue weighted by Gasteiger charge is -2.06. The van der Waals surface area contributed by atoms with E-state index in [1.165, 1.54) is 11.3 Å². The maximum Gasteiger partial charge on any atom is 0.271 e. The van der Waals surface area contributed by atoms with Gasteiger partial charge in [0.25, 0.3) is 5.91 Å². The Kier molecular flexibility index (Phi) is 3.53. The van der Waals surface area contributed by atoms with Crippen LogP contribution in [0.15, 0.2) is 23.6 Å². The van der Waals surface area contributed by atoms with E-state index in [-0.39, 0.29) is 12.7 Å². The summed E-state index contributed by atoms with van der Waals surface area (Å²) in [5.74, 6) is 1.17. The Bertz CT molecular complexity index is 642. The van der Waals surface area contributed by atoms with Gasteiger partial charge in [0, 0.05) is 24.0 Å². The van der Waals surface area contributed by atoms with Crippen LogP contribution in [-0.4, -0.2) is 17.7 Å². The molecule has 3 N–H and O–H groups in total. The normalized spacial score (nSPS) is 12.4. The third kappa shape index (κ3) is 2.45. The first kappa shape index (κ1) is 12.9. The highest BCUT2D eigenvalue weighted by Crippen LogP contribution is 2.35. The van der Waals surface area contributed by atoms with Gasteiger partial charge in [-0.05, 0) is 6.07 Å². The summed E-state index contributed by atoms with van der Waals surface area (Å²) in [4.78, 5) is 16.1. The molecule has 1 aliphatic heterocycles. The lowest BCUT2D eigenvalue weighted by molar-refractivity contribution is 0.0946. The van der Waals surface area contributed by atoms with Gasteiger partial charge in [-0.15, -0.1) is 11.3 Å². The number of amides is 1. The number of benzene rings is 1. The summed E-state index contributed by atoms with van der Waals surface area (Å²) in [5.41, 5.74) is 6.74. The van der Waals surface area contributed by atoms with Crippen LogP contribution >= 0.6 is 11.3 Å². The number of nitrogens with zero attached hydrogens (tertiary/aromatic N) is 1. The first-order valence-corrected chi connectivity index (χ1v) is 6.96. The van der Waals surface area contributed by atoms with E-state index in [2.05, 4.69) is 10.3 Å². The number of carbonyl (C=O) groups excluding carboxylic acids is 1. The minimum Gasteiger partial charge on any atom is -0.454 e. The summed E-state index contributed by atoms with van der Waals surface area (Å²) < 4.78 is 10.7. The number of rotatable bonds is 4. The monoisotopic (exact) mass is 291 g/mol. The molecule has 7 heteroatoms. The third-order valence-electron chi connectivity index (χ3n) is 2.88. The summed E-state index contributed by atoms with van der Waals surface area (Å²) in [5, 5.41) is 5.26. The number of hydrogen-bond acceptors (Lipinski definition) is 6. The number of ether oxygens (including phenoxy) is 2. The number of aromatic nitrogens is 1. The van der Waals surface area contributed by atoms with Crippen LogP contribution in [0.4, 0.5) is 0 Å². The van der Waals surface area contributed by atoms with Gasteiger partial charge in [-0.3, -0.25) is 4.79 Å². The van der Waals surface area contributed by atoms with E-state index in [1.54, 1.807) is 5.38 Å². The molecule has 0 saturated carbocycles. The predicted molar refractivity (Wildman–Crippen MR) is 73.7 cm³/mol. The van der Waals surface area contributed by atoms with Gasteiger partial charge in [-0.2, -0.15) is 0 Å². The van der Waals surface area contributed by atoms with Gasteiger partial charge in [0.15, 0.2) is 11.5 Å². The Morgan fingerprint density at radius 2 is 2.35 bits per heavy atom. The first-order valence-electron chi connectivity index (χ1n) is 6.08. The van der Waals surface area contributed by atoms with Gasteiger partial charge in [0.2, 0.25) is 6.79 Å². The number of nitrogens with one attached hydrogen (secondary N) is 1. The zero-order valence-corrected chi connectivity index (χ0v) is 11.4. The molecule has 104 valence electrons. The van der Waals surface area contributed by atoms with Crippen LogP contribution in [0.1, 0.15) is 21.1 Å². The van der Waals surface area contributed by atoms with Crippen LogP contribution in [0.25, 0.3) is 0 Å². The van der Waals surface area contributed by atoms with E-state index in [1.807, 2.05) is 18.2 Å². The van der Waals surface area contributed by atoms with E-state index in [0.29, 0.717) is 30.3 Å². The molecule has 1 aromatic heterocycles. The van der Waals surface area contributed by atoms with Crippen molar-refractivity contribution in [2.45, 2.75) is 13.1 Å². The summed E-state index contributed by atoms with van der Waals surface area (Å²) >= 11 is 1.38. The molecular formula is C13H13N3O3S. The number of fused-ring (bicyclic) bond motifs is 1. The SMILES string of the molecule is NCc1nc(C(=O)NCc2cccc3c2OCO3)cs1. The lowest BCUT2D eigenvalue weighted by atomic mass is 10.2. The van der Waals surface area contributed by atoms with Gasteiger partial charge in [-0.1, -0.05) is 12.1 Å². The molecule has 0 saturated heterocycles. The van der Waals surface area contributed by atoms with Crippen LogP contribution in [0.3, 0.4) is 0 Å². The Hall–Kier alpha value is -2.12. The summed E-state index contributed by atoms with van der Waals surface area (Å²) in [7, 11) is 0. The van der Waals surface area contributed by atoms with Crippen molar-refractivity contribution in [3.05, 3.63) is 39.8 Å². The van der Waals surface area contributed by atoms with Gasteiger partial charge in [0.05, 0.1) is 0 Å².